The maximum atomic E-state index is 12.5. The molecule has 8 nitrogen and oxygen atoms in total. The number of esters is 2. The lowest BCUT2D eigenvalue weighted by atomic mass is 10.1. The van der Waals surface area contributed by atoms with Gasteiger partial charge in [-0.3, -0.25) is 9.59 Å². The number of carboxylic acids is 1. The average Bonchev–Trinajstić information content (AvgIpc) is 2.98. The molecule has 0 aromatic carbocycles. The Morgan fingerprint density at radius 2 is 1.24 bits per heavy atom. The summed E-state index contributed by atoms with van der Waals surface area (Å²) in [6, 6.07) is -0.727. The normalized spacial score (nSPS) is 13.7. The van der Waals surface area contributed by atoms with Gasteiger partial charge in [0.2, 0.25) is 0 Å². The third-order valence-corrected chi connectivity index (χ3v) is 7.23. The highest BCUT2D eigenvalue weighted by Gasteiger charge is 2.25. The lowest BCUT2D eigenvalue weighted by molar-refractivity contribution is -0.889. The van der Waals surface area contributed by atoms with Crippen LogP contribution in [0.4, 0.5) is 0 Å². The summed E-state index contributed by atoms with van der Waals surface area (Å²) < 4.78 is 16.9. The van der Waals surface area contributed by atoms with Crippen LogP contribution < -0.4 is 5.11 Å². The van der Waals surface area contributed by atoms with E-state index in [2.05, 4.69) is 62.5 Å². The van der Waals surface area contributed by atoms with Gasteiger partial charge in [-0.2, -0.15) is 0 Å². The molecular weight excluding hydrogens is 570 g/mol. The van der Waals surface area contributed by atoms with E-state index in [0.717, 1.165) is 83.5 Å². The van der Waals surface area contributed by atoms with Gasteiger partial charge in [0.25, 0.3) is 0 Å². The SMILES string of the molecule is CC/C=C\C/C=C\C/C=C\C/C=C\CCCCCCC(=O)OC(COCCC(C(=O)[O-])[N+](C)(C)C)COC(=O)CCCCCC. The molecule has 2 unspecified atom stereocenters. The van der Waals surface area contributed by atoms with Gasteiger partial charge in [-0.15, -0.1) is 0 Å². The number of carbonyl (C=O) groups excluding carboxylic acids is 3. The topological polar surface area (TPSA) is 102 Å². The van der Waals surface area contributed by atoms with Crippen molar-refractivity contribution in [2.75, 3.05) is 41.0 Å². The first kappa shape index (κ1) is 42.3. The second-order valence-corrected chi connectivity index (χ2v) is 12.4. The second kappa shape index (κ2) is 28.7. The van der Waals surface area contributed by atoms with Crippen LogP contribution >= 0.6 is 0 Å². The second-order valence-electron chi connectivity index (χ2n) is 12.4. The number of hydrogen-bond donors (Lipinski definition) is 0. The molecule has 258 valence electrons. The van der Waals surface area contributed by atoms with E-state index >= 15 is 0 Å². The van der Waals surface area contributed by atoms with Crippen molar-refractivity contribution in [3.05, 3.63) is 48.6 Å². The molecule has 0 fully saturated rings. The zero-order valence-electron chi connectivity index (χ0n) is 29.0. The van der Waals surface area contributed by atoms with Gasteiger partial charge in [-0.1, -0.05) is 94.6 Å². The Kier molecular flexibility index (Phi) is 27.0. The number of quaternary nitrogens is 1. The predicted molar refractivity (Wildman–Crippen MR) is 180 cm³/mol. The van der Waals surface area contributed by atoms with E-state index in [0.29, 0.717) is 12.8 Å². The van der Waals surface area contributed by atoms with Gasteiger partial charge in [0, 0.05) is 19.3 Å². The van der Waals surface area contributed by atoms with E-state index in [9.17, 15) is 19.5 Å². The Morgan fingerprint density at radius 1 is 0.689 bits per heavy atom. The fourth-order valence-electron chi connectivity index (χ4n) is 4.53. The molecule has 0 aliphatic rings. The van der Waals surface area contributed by atoms with Gasteiger partial charge >= 0.3 is 11.9 Å². The van der Waals surface area contributed by atoms with Crippen molar-refractivity contribution in [1.29, 1.82) is 0 Å². The number of nitrogens with zero attached hydrogens (tertiary/aromatic N) is 1. The van der Waals surface area contributed by atoms with E-state index < -0.39 is 18.1 Å². The lowest BCUT2D eigenvalue weighted by Gasteiger charge is -2.34. The highest BCUT2D eigenvalue weighted by atomic mass is 16.6. The van der Waals surface area contributed by atoms with Crippen LogP contribution in [0.1, 0.15) is 117 Å². The van der Waals surface area contributed by atoms with Gasteiger partial charge in [0.15, 0.2) is 6.10 Å². The summed E-state index contributed by atoms with van der Waals surface area (Å²) in [5.74, 6) is -1.80. The third-order valence-electron chi connectivity index (χ3n) is 7.23. The van der Waals surface area contributed by atoms with Gasteiger partial charge in [-0.05, 0) is 51.4 Å². The van der Waals surface area contributed by atoms with Crippen LogP contribution in [-0.2, 0) is 28.6 Å². The minimum absolute atomic E-state index is 0.0284. The predicted octanol–water partition coefficient (Wildman–Crippen LogP) is 6.79. The molecule has 0 saturated heterocycles. The van der Waals surface area contributed by atoms with Crippen molar-refractivity contribution in [3.8, 4) is 0 Å². The first-order valence-corrected chi connectivity index (χ1v) is 17.2. The summed E-state index contributed by atoms with van der Waals surface area (Å²) in [5, 5.41) is 11.5. The average molecular weight is 634 g/mol. The van der Waals surface area contributed by atoms with Crippen molar-refractivity contribution >= 4 is 17.9 Å². The molecule has 0 N–H and O–H groups in total. The zero-order valence-corrected chi connectivity index (χ0v) is 29.0. The molecule has 0 aromatic heterocycles. The number of hydrogen-bond acceptors (Lipinski definition) is 7. The third kappa shape index (κ3) is 27.3. The van der Waals surface area contributed by atoms with E-state index in [1.165, 1.54) is 0 Å². The molecule has 0 amide bonds. The minimum Gasteiger partial charge on any atom is -0.544 e. The van der Waals surface area contributed by atoms with E-state index in [1.807, 2.05) is 0 Å². The fraction of sp³-hybridized carbons (Fsp3) is 0.703. The number of aliphatic carboxylic acids is 1. The number of unbranched alkanes of at least 4 members (excludes halogenated alkanes) is 7. The Balaban J connectivity index is 4.37. The Hall–Kier alpha value is -2.71. The minimum atomic E-state index is -1.13. The largest absolute Gasteiger partial charge is 0.544 e. The number of allylic oxidation sites excluding steroid dienone is 8. The molecule has 0 aliphatic carbocycles. The van der Waals surface area contributed by atoms with Crippen molar-refractivity contribution in [2.24, 2.45) is 0 Å². The summed E-state index contributed by atoms with van der Waals surface area (Å²) in [4.78, 5) is 36.2. The van der Waals surface area contributed by atoms with Gasteiger partial charge < -0.3 is 28.6 Å². The molecule has 0 spiro atoms. The Morgan fingerprint density at radius 3 is 1.82 bits per heavy atom. The van der Waals surface area contributed by atoms with E-state index in [1.54, 1.807) is 21.1 Å². The van der Waals surface area contributed by atoms with Crippen molar-refractivity contribution in [1.82, 2.24) is 0 Å². The van der Waals surface area contributed by atoms with Crippen LogP contribution in [-0.4, -0.2) is 75.5 Å². The quantitative estimate of drug-likeness (QED) is 0.0387. The summed E-state index contributed by atoms with van der Waals surface area (Å²) in [6.45, 7) is 4.36. The molecule has 0 bridgehead atoms. The van der Waals surface area contributed by atoms with Gasteiger partial charge in [-0.25, -0.2) is 0 Å². The van der Waals surface area contributed by atoms with Crippen LogP contribution in [0.5, 0.6) is 0 Å². The monoisotopic (exact) mass is 633 g/mol. The molecule has 0 heterocycles. The molecular formula is C37H63NO7. The number of carbonyl (C=O) groups is 3. The van der Waals surface area contributed by atoms with E-state index in [4.69, 9.17) is 14.2 Å². The van der Waals surface area contributed by atoms with Gasteiger partial charge in [0.05, 0.1) is 40.3 Å². The van der Waals surface area contributed by atoms with Gasteiger partial charge in [0.1, 0.15) is 12.6 Å². The summed E-state index contributed by atoms with van der Waals surface area (Å²) in [5.41, 5.74) is 0. The number of likely N-dealkylation sites (N-methyl/N-ethyl adjacent to an activating group) is 1. The van der Waals surface area contributed by atoms with Crippen LogP contribution in [0.3, 0.4) is 0 Å². The lowest BCUT2D eigenvalue weighted by Crippen LogP contribution is -2.55. The first-order chi connectivity index (χ1) is 21.6. The summed E-state index contributed by atoms with van der Waals surface area (Å²) >= 11 is 0. The van der Waals surface area contributed by atoms with E-state index in [-0.39, 0.29) is 42.7 Å². The fourth-order valence-corrected chi connectivity index (χ4v) is 4.53. The zero-order chi connectivity index (χ0) is 33.6. The standard InChI is InChI=1S/C37H63NO7/c1-6-8-10-12-13-14-15-16-17-18-19-20-21-22-23-24-26-28-36(40)45-33(32-44-35(39)27-25-11-9-7-2)31-43-30-29-34(37(41)42)38(3,4)5/h8,10,13-14,16-17,19-20,33-34H,6-7,9,11-12,15,18,21-32H2,1-5H3/b10-8-,14-13-,17-16-,20-19-. The summed E-state index contributed by atoms with van der Waals surface area (Å²) in [6.07, 6.45) is 30.4. The first-order valence-electron chi connectivity index (χ1n) is 17.2. The molecule has 0 radical (unpaired) electrons. The molecule has 2 atom stereocenters. The molecule has 45 heavy (non-hydrogen) atoms. The maximum absolute atomic E-state index is 12.5. The van der Waals surface area contributed by atoms with Crippen LogP contribution in [0.15, 0.2) is 48.6 Å². The number of carboxylic acid groups (broad SMARTS) is 1. The van der Waals surface area contributed by atoms with Crippen molar-refractivity contribution in [3.63, 3.8) is 0 Å². The molecule has 0 aliphatic heterocycles. The highest BCUT2D eigenvalue weighted by Crippen LogP contribution is 2.11. The van der Waals surface area contributed by atoms with Crippen molar-refractivity contribution in [2.45, 2.75) is 129 Å². The molecule has 0 rings (SSSR count). The molecule has 0 saturated carbocycles. The number of rotatable bonds is 29. The highest BCUT2D eigenvalue weighted by molar-refractivity contribution is 5.70. The van der Waals surface area contributed by atoms with Crippen molar-refractivity contribution < 1.29 is 38.2 Å². The van der Waals surface area contributed by atoms with Crippen LogP contribution in [0, 0.1) is 0 Å². The Labute approximate surface area is 274 Å². The number of ether oxygens (including phenoxy) is 3. The summed E-state index contributed by atoms with van der Waals surface area (Å²) in [7, 11) is 5.36. The molecule has 0 aromatic rings. The maximum Gasteiger partial charge on any atom is 0.306 e. The molecule has 8 heteroatoms. The van der Waals surface area contributed by atoms with Crippen LogP contribution in [0.2, 0.25) is 0 Å². The Bertz CT molecular complexity index is 886. The van der Waals surface area contributed by atoms with Crippen LogP contribution in [0.25, 0.3) is 0 Å². The smallest absolute Gasteiger partial charge is 0.306 e.